The molecule has 1 aliphatic carbocycles. The molecule has 7 aromatic carbocycles. The second kappa shape index (κ2) is 9.32. The quantitative estimate of drug-likeness (QED) is 0.199. The molecule has 2 heterocycles. The van der Waals surface area contributed by atoms with E-state index in [0.29, 0.717) is 0 Å². The molecule has 1 aliphatic rings. The molecule has 0 N–H and O–H groups in total. The fourth-order valence-corrected chi connectivity index (χ4v) is 7.87. The molecule has 2 heteroatoms. The molecule has 0 bridgehead atoms. The normalized spacial score (nSPS) is 12.4. The summed E-state index contributed by atoms with van der Waals surface area (Å²) in [7, 11) is 0. The van der Waals surface area contributed by atoms with Gasteiger partial charge in [0.1, 0.15) is 0 Å². The van der Waals surface area contributed by atoms with E-state index in [2.05, 4.69) is 167 Å². The van der Waals surface area contributed by atoms with Crippen LogP contribution in [-0.2, 0) is 6.42 Å². The van der Waals surface area contributed by atoms with Crippen molar-refractivity contribution in [2.45, 2.75) is 6.42 Å². The van der Waals surface area contributed by atoms with Crippen LogP contribution in [0.5, 0.6) is 0 Å². The zero-order chi connectivity index (χ0) is 29.5. The van der Waals surface area contributed by atoms with Gasteiger partial charge >= 0.3 is 0 Å². The molecule has 2 aromatic heterocycles. The Hall–Kier alpha value is -5.86. The van der Waals surface area contributed by atoms with Gasteiger partial charge in [0, 0.05) is 32.9 Å². The summed E-state index contributed by atoms with van der Waals surface area (Å²) >= 11 is 0. The summed E-state index contributed by atoms with van der Waals surface area (Å²) in [6, 6.07) is 57.8. The van der Waals surface area contributed by atoms with E-state index in [4.69, 9.17) is 0 Å². The van der Waals surface area contributed by atoms with Crippen molar-refractivity contribution in [2.24, 2.45) is 0 Å². The maximum absolute atomic E-state index is 2.49. The molecular weight excluding hydrogens is 544 g/mol. The molecule has 210 valence electrons. The molecule has 9 aromatic rings. The van der Waals surface area contributed by atoms with Gasteiger partial charge in [0.2, 0.25) is 0 Å². The summed E-state index contributed by atoms with van der Waals surface area (Å²) in [4.78, 5) is 0. The van der Waals surface area contributed by atoms with E-state index in [1.165, 1.54) is 88.4 Å². The largest absolute Gasteiger partial charge is 0.309 e. The van der Waals surface area contributed by atoms with Crippen LogP contribution < -0.4 is 0 Å². The van der Waals surface area contributed by atoms with Crippen LogP contribution in [0.25, 0.3) is 77.2 Å². The van der Waals surface area contributed by atoms with Gasteiger partial charge in [-0.25, -0.2) is 0 Å². The lowest BCUT2D eigenvalue weighted by Crippen LogP contribution is -1.98. The van der Waals surface area contributed by atoms with Gasteiger partial charge in [-0.05, 0) is 88.3 Å². The van der Waals surface area contributed by atoms with Gasteiger partial charge in [0.15, 0.2) is 0 Å². The van der Waals surface area contributed by atoms with Crippen molar-refractivity contribution in [3.63, 3.8) is 0 Å². The van der Waals surface area contributed by atoms with Crippen molar-refractivity contribution in [3.8, 4) is 33.6 Å². The van der Waals surface area contributed by atoms with E-state index >= 15 is 0 Å². The van der Waals surface area contributed by atoms with Crippen molar-refractivity contribution in [1.29, 1.82) is 0 Å². The van der Waals surface area contributed by atoms with Crippen LogP contribution in [-0.4, -0.2) is 9.13 Å². The SMILES string of the molecule is c1ccc(-c2cc(-n3c4ccccc4c4c5c6ccccc6n(-c6ccccc6)c5ccc43)cc3c2Cc2ccccc2-3)cc1. The van der Waals surface area contributed by atoms with Gasteiger partial charge < -0.3 is 9.13 Å². The van der Waals surface area contributed by atoms with E-state index < -0.39 is 0 Å². The topological polar surface area (TPSA) is 9.86 Å². The zero-order valence-electron chi connectivity index (χ0n) is 24.6. The first kappa shape index (κ1) is 24.6. The van der Waals surface area contributed by atoms with E-state index in [1.807, 2.05) is 0 Å². The van der Waals surface area contributed by atoms with Crippen molar-refractivity contribution in [2.75, 3.05) is 0 Å². The average Bonchev–Trinajstić information content (AvgIpc) is 3.76. The smallest absolute Gasteiger partial charge is 0.0548 e. The summed E-state index contributed by atoms with van der Waals surface area (Å²) in [5, 5.41) is 5.15. The third-order valence-corrected chi connectivity index (χ3v) is 9.74. The third-order valence-electron chi connectivity index (χ3n) is 9.74. The lowest BCUT2D eigenvalue weighted by atomic mass is 9.94. The number of rotatable bonds is 3. The molecule has 0 spiro atoms. The zero-order valence-corrected chi connectivity index (χ0v) is 24.6. The maximum Gasteiger partial charge on any atom is 0.0548 e. The molecule has 0 unspecified atom stereocenters. The third kappa shape index (κ3) is 3.45. The minimum atomic E-state index is 0.961. The van der Waals surface area contributed by atoms with Crippen LogP contribution in [0.3, 0.4) is 0 Å². The van der Waals surface area contributed by atoms with Gasteiger partial charge in [0.05, 0.1) is 22.1 Å². The molecule has 0 saturated carbocycles. The van der Waals surface area contributed by atoms with Crippen LogP contribution in [0.4, 0.5) is 0 Å². The second-order valence-electron chi connectivity index (χ2n) is 12.1. The van der Waals surface area contributed by atoms with Crippen molar-refractivity contribution >= 4 is 43.6 Å². The van der Waals surface area contributed by atoms with Gasteiger partial charge in [0.25, 0.3) is 0 Å². The summed E-state index contributed by atoms with van der Waals surface area (Å²) in [5.74, 6) is 0. The molecule has 0 amide bonds. The first-order chi connectivity index (χ1) is 22.3. The number of para-hydroxylation sites is 3. The van der Waals surface area contributed by atoms with Gasteiger partial charge in [-0.2, -0.15) is 0 Å². The molecule has 0 aliphatic heterocycles. The fourth-order valence-electron chi connectivity index (χ4n) is 7.87. The summed E-state index contributed by atoms with van der Waals surface area (Å²) < 4.78 is 4.91. The van der Waals surface area contributed by atoms with Gasteiger partial charge in [-0.1, -0.05) is 109 Å². The Labute approximate surface area is 261 Å². The Balaban J connectivity index is 1.34. The Kier molecular flexibility index (Phi) is 5.09. The van der Waals surface area contributed by atoms with Crippen LogP contribution in [0.15, 0.2) is 158 Å². The second-order valence-corrected chi connectivity index (χ2v) is 12.1. The highest BCUT2D eigenvalue weighted by molar-refractivity contribution is 6.29. The first-order valence-electron chi connectivity index (χ1n) is 15.7. The maximum atomic E-state index is 2.49. The molecule has 10 rings (SSSR count). The van der Waals surface area contributed by atoms with Gasteiger partial charge in [-0.15, -0.1) is 0 Å². The number of fused-ring (bicyclic) bond motifs is 10. The van der Waals surface area contributed by atoms with Crippen LogP contribution >= 0.6 is 0 Å². The van der Waals surface area contributed by atoms with Crippen LogP contribution in [0.1, 0.15) is 11.1 Å². The van der Waals surface area contributed by atoms with Crippen molar-refractivity contribution < 1.29 is 0 Å². The standard InChI is InChI=1S/C43H28N2/c1-3-13-28(14-4-1)35-26-31(27-37-32-18-8-7-15-29(32)25-36(35)37)45-39-22-12-10-20-34(39)43-41(45)24-23-40-42(43)33-19-9-11-21-38(33)44(40)30-16-5-2-6-17-30/h1-24,26-27H,25H2. The molecule has 0 radical (unpaired) electrons. The minimum Gasteiger partial charge on any atom is -0.309 e. The summed E-state index contributed by atoms with van der Waals surface area (Å²) in [5.41, 5.74) is 15.4. The van der Waals surface area contributed by atoms with E-state index in [9.17, 15) is 0 Å². The Morgan fingerprint density at radius 3 is 1.60 bits per heavy atom. The highest BCUT2D eigenvalue weighted by atomic mass is 15.0. The Morgan fingerprint density at radius 2 is 0.911 bits per heavy atom. The number of nitrogens with zero attached hydrogens (tertiary/aromatic N) is 2. The fraction of sp³-hybridized carbons (Fsp3) is 0.0233. The van der Waals surface area contributed by atoms with Crippen LogP contribution in [0.2, 0.25) is 0 Å². The predicted octanol–water partition coefficient (Wildman–Crippen LogP) is 11.1. The summed E-state index contributed by atoms with van der Waals surface area (Å²) in [6.07, 6.45) is 0.961. The molecule has 0 saturated heterocycles. The highest BCUT2D eigenvalue weighted by Crippen LogP contribution is 2.46. The molecule has 2 nitrogen and oxygen atoms in total. The lowest BCUT2D eigenvalue weighted by molar-refractivity contribution is 1.17. The highest BCUT2D eigenvalue weighted by Gasteiger charge is 2.25. The van der Waals surface area contributed by atoms with Gasteiger partial charge in [-0.3, -0.25) is 0 Å². The Bertz CT molecular complexity index is 2600. The van der Waals surface area contributed by atoms with Crippen molar-refractivity contribution in [1.82, 2.24) is 9.13 Å². The number of aromatic nitrogens is 2. The van der Waals surface area contributed by atoms with Crippen LogP contribution in [0, 0.1) is 0 Å². The number of hydrogen-bond acceptors (Lipinski definition) is 0. The van der Waals surface area contributed by atoms with E-state index in [0.717, 1.165) is 6.42 Å². The van der Waals surface area contributed by atoms with E-state index in [-0.39, 0.29) is 0 Å². The number of benzene rings is 7. The molecule has 45 heavy (non-hydrogen) atoms. The predicted molar refractivity (Wildman–Crippen MR) is 189 cm³/mol. The minimum absolute atomic E-state index is 0.961. The summed E-state index contributed by atoms with van der Waals surface area (Å²) in [6.45, 7) is 0. The van der Waals surface area contributed by atoms with Crippen molar-refractivity contribution in [3.05, 3.63) is 169 Å². The molecule has 0 atom stereocenters. The lowest BCUT2D eigenvalue weighted by Gasteiger charge is -2.15. The van der Waals surface area contributed by atoms with E-state index in [1.54, 1.807) is 0 Å². The first-order valence-corrected chi connectivity index (χ1v) is 15.7. The molecular formula is C43H28N2. The Morgan fingerprint density at radius 1 is 0.378 bits per heavy atom. The molecule has 0 fully saturated rings. The average molecular weight is 573 g/mol. The monoisotopic (exact) mass is 572 g/mol. The number of hydrogen-bond donors (Lipinski definition) is 0.